The summed E-state index contributed by atoms with van der Waals surface area (Å²) < 4.78 is 40.0. The summed E-state index contributed by atoms with van der Waals surface area (Å²) >= 11 is 0. The van der Waals surface area contributed by atoms with Crippen LogP contribution in [-0.4, -0.2) is 36.7 Å². The van der Waals surface area contributed by atoms with Crippen molar-refractivity contribution < 1.29 is 27.8 Å². The number of amides is 1. The molecular formula is C13H13FN2O5S. The number of halogens is 1. The molecule has 22 heavy (non-hydrogen) atoms. The van der Waals surface area contributed by atoms with Crippen molar-refractivity contribution in [1.29, 1.82) is 0 Å². The minimum absolute atomic E-state index is 0.218. The van der Waals surface area contributed by atoms with Gasteiger partial charge >= 0.3 is 10.2 Å². The maximum Gasteiger partial charge on any atom is 0.326 e. The molecule has 118 valence electrons. The summed E-state index contributed by atoms with van der Waals surface area (Å²) in [5, 5.41) is 19.3. The summed E-state index contributed by atoms with van der Waals surface area (Å²) in [6, 6.07) is 2.20. The number of nitrogens with zero attached hydrogens (tertiary/aromatic N) is 1. The molecule has 0 spiro atoms. The van der Waals surface area contributed by atoms with Gasteiger partial charge < -0.3 is 10.2 Å². The fraction of sp³-hybridized carbons (Fsp3) is 0.308. The van der Waals surface area contributed by atoms with Crippen LogP contribution in [0, 0.1) is 17.7 Å². The van der Waals surface area contributed by atoms with Gasteiger partial charge in [-0.2, -0.15) is 8.42 Å². The number of nitrogens with one attached hydrogen (secondary N) is 1. The van der Waals surface area contributed by atoms with E-state index in [9.17, 15) is 27.8 Å². The molecule has 1 heterocycles. The Kier molecular flexibility index (Phi) is 3.76. The molecule has 0 aliphatic carbocycles. The largest absolute Gasteiger partial charge is 0.506 e. The number of carbonyl (C=O) groups excluding carboxylic acids is 1. The smallest absolute Gasteiger partial charge is 0.326 e. The van der Waals surface area contributed by atoms with Gasteiger partial charge in [0.25, 0.3) is 5.91 Å². The van der Waals surface area contributed by atoms with Crippen molar-refractivity contribution in [2.75, 3.05) is 10.8 Å². The van der Waals surface area contributed by atoms with Crippen molar-refractivity contribution in [2.45, 2.75) is 19.4 Å². The third-order valence-corrected chi connectivity index (χ3v) is 4.05. The van der Waals surface area contributed by atoms with Crippen molar-refractivity contribution >= 4 is 21.8 Å². The van der Waals surface area contributed by atoms with Crippen LogP contribution >= 0.6 is 0 Å². The van der Waals surface area contributed by atoms with Crippen LogP contribution in [-0.2, 0) is 15.0 Å². The van der Waals surface area contributed by atoms with Gasteiger partial charge in [0.15, 0.2) is 5.82 Å². The van der Waals surface area contributed by atoms with Crippen molar-refractivity contribution in [3.8, 4) is 17.6 Å². The summed E-state index contributed by atoms with van der Waals surface area (Å²) in [4.78, 5) is 11.2. The Morgan fingerprint density at radius 2 is 2.05 bits per heavy atom. The first-order valence-corrected chi connectivity index (χ1v) is 7.55. The van der Waals surface area contributed by atoms with E-state index in [1.807, 2.05) is 0 Å². The van der Waals surface area contributed by atoms with Crippen molar-refractivity contribution in [3.63, 3.8) is 0 Å². The second kappa shape index (κ2) is 5.15. The summed E-state index contributed by atoms with van der Waals surface area (Å²) in [5.74, 6) is 2.16. The van der Waals surface area contributed by atoms with E-state index in [1.54, 1.807) is 4.72 Å². The maximum atomic E-state index is 14.4. The van der Waals surface area contributed by atoms with Gasteiger partial charge in [-0.1, -0.05) is 11.8 Å². The molecule has 1 aromatic rings. The minimum Gasteiger partial charge on any atom is -0.506 e. The number of phenolic OH excluding ortho intramolecular Hbond substituents is 1. The number of hydrogen-bond acceptors (Lipinski definition) is 5. The Labute approximate surface area is 126 Å². The Balaban J connectivity index is 2.58. The number of carbonyl (C=O) groups is 1. The summed E-state index contributed by atoms with van der Waals surface area (Å²) in [5.41, 5.74) is -2.26. The van der Waals surface area contributed by atoms with Crippen LogP contribution in [0.5, 0.6) is 5.75 Å². The third-order valence-electron chi connectivity index (χ3n) is 2.67. The van der Waals surface area contributed by atoms with E-state index in [2.05, 4.69) is 11.8 Å². The Bertz CT molecular complexity index is 802. The van der Waals surface area contributed by atoms with Gasteiger partial charge in [0, 0.05) is 0 Å². The SMILES string of the molecule is CC(C)(O)C#Cc1ccc(O)c(N2CC(=O)NS2(=O)=O)c1F. The highest BCUT2D eigenvalue weighted by atomic mass is 32.2. The lowest BCUT2D eigenvalue weighted by molar-refractivity contribution is -0.117. The van der Waals surface area contributed by atoms with Crippen LogP contribution in [0.2, 0.25) is 0 Å². The van der Waals surface area contributed by atoms with Crippen molar-refractivity contribution in [2.24, 2.45) is 0 Å². The molecule has 1 aliphatic heterocycles. The average molecular weight is 328 g/mol. The molecular weight excluding hydrogens is 315 g/mol. The number of hydrogen-bond donors (Lipinski definition) is 3. The van der Waals surface area contributed by atoms with Crippen LogP contribution < -0.4 is 9.03 Å². The summed E-state index contributed by atoms with van der Waals surface area (Å²) in [6.07, 6.45) is 0. The van der Waals surface area contributed by atoms with Crippen LogP contribution in [0.25, 0.3) is 0 Å². The Hall–Kier alpha value is -2.31. The quantitative estimate of drug-likeness (QED) is 0.621. The molecule has 0 saturated carbocycles. The van der Waals surface area contributed by atoms with Gasteiger partial charge in [-0.3, -0.25) is 4.79 Å². The normalized spacial score (nSPS) is 16.9. The molecule has 7 nitrogen and oxygen atoms in total. The number of rotatable bonds is 1. The van der Waals surface area contributed by atoms with E-state index < -0.39 is 45.5 Å². The Morgan fingerprint density at radius 1 is 1.41 bits per heavy atom. The highest BCUT2D eigenvalue weighted by Gasteiger charge is 2.37. The zero-order chi connectivity index (χ0) is 16.7. The molecule has 2 rings (SSSR count). The van der Waals surface area contributed by atoms with Gasteiger partial charge in [0.05, 0.1) is 5.56 Å². The summed E-state index contributed by atoms with van der Waals surface area (Å²) in [7, 11) is -4.26. The predicted octanol–water partition coefficient (Wildman–Crippen LogP) is -0.165. The van der Waals surface area contributed by atoms with E-state index >= 15 is 0 Å². The first-order chi connectivity index (χ1) is 10.0. The van der Waals surface area contributed by atoms with Gasteiger partial charge in [-0.15, -0.1) is 0 Å². The lowest BCUT2D eigenvalue weighted by Gasteiger charge is -2.17. The lowest BCUT2D eigenvalue weighted by atomic mass is 10.1. The van der Waals surface area contributed by atoms with Crippen molar-refractivity contribution in [1.82, 2.24) is 4.72 Å². The number of anilines is 1. The zero-order valence-electron chi connectivity index (χ0n) is 11.7. The molecule has 1 aliphatic rings. The molecule has 9 heteroatoms. The van der Waals surface area contributed by atoms with Gasteiger partial charge in [-0.25, -0.2) is 13.4 Å². The van der Waals surface area contributed by atoms with Gasteiger partial charge in [-0.05, 0) is 26.0 Å². The second-order valence-corrected chi connectivity index (χ2v) is 6.74. The molecule has 0 radical (unpaired) electrons. The fourth-order valence-corrected chi connectivity index (χ4v) is 2.92. The first-order valence-electron chi connectivity index (χ1n) is 6.11. The number of benzene rings is 1. The first kappa shape index (κ1) is 16.1. The Morgan fingerprint density at radius 3 is 2.55 bits per heavy atom. The number of aliphatic hydroxyl groups is 1. The highest BCUT2D eigenvalue weighted by Crippen LogP contribution is 2.34. The van der Waals surface area contributed by atoms with E-state index in [-0.39, 0.29) is 5.56 Å². The van der Waals surface area contributed by atoms with E-state index in [4.69, 9.17) is 0 Å². The molecule has 1 fully saturated rings. The van der Waals surface area contributed by atoms with E-state index in [0.717, 1.165) is 12.1 Å². The molecule has 0 unspecified atom stereocenters. The average Bonchev–Trinajstić information content (AvgIpc) is 2.60. The second-order valence-electron chi connectivity index (χ2n) is 5.14. The van der Waals surface area contributed by atoms with E-state index in [1.165, 1.54) is 13.8 Å². The van der Waals surface area contributed by atoms with Crippen LogP contribution in [0.15, 0.2) is 12.1 Å². The molecule has 0 aromatic heterocycles. The standard InChI is InChI=1S/C13H13FN2O5S/c1-13(2,19)6-5-8-3-4-9(17)12(11(8)14)16-7-10(18)15-22(16,20)21/h3-4,17,19H,7H2,1-2H3,(H,15,18). The third kappa shape index (κ3) is 3.13. The minimum atomic E-state index is -4.26. The molecule has 1 saturated heterocycles. The molecule has 0 bridgehead atoms. The fourth-order valence-electron chi connectivity index (χ4n) is 1.75. The maximum absolute atomic E-state index is 14.4. The van der Waals surface area contributed by atoms with Gasteiger partial charge in [0.1, 0.15) is 23.6 Å². The summed E-state index contributed by atoms with van der Waals surface area (Å²) in [6.45, 7) is 2.15. The number of phenols is 1. The zero-order valence-corrected chi connectivity index (χ0v) is 12.5. The molecule has 0 atom stereocenters. The van der Waals surface area contributed by atoms with E-state index in [0.29, 0.717) is 4.31 Å². The predicted molar refractivity (Wildman–Crippen MR) is 75.6 cm³/mol. The highest BCUT2D eigenvalue weighted by molar-refractivity contribution is 7.92. The molecule has 1 aromatic carbocycles. The lowest BCUT2D eigenvalue weighted by Crippen LogP contribution is -2.30. The van der Waals surface area contributed by atoms with Crippen LogP contribution in [0.1, 0.15) is 19.4 Å². The number of aromatic hydroxyl groups is 1. The van der Waals surface area contributed by atoms with Crippen LogP contribution in [0.4, 0.5) is 10.1 Å². The van der Waals surface area contributed by atoms with Crippen LogP contribution in [0.3, 0.4) is 0 Å². The molecule has 1 amide bonds. The monoisotopic (exact) mass is 328 g/mol. The molecule has 3 N–H and O–H groups in total. The van der Waals surface area contributed by atoms with Gasteiger partial charge in [0.2, 0.25) is 0 Å². The topological polar surface area (TPSA) is 107 Å². The van der Waals surface area contributed by atoms with Crippen molar-refractivity contribution in [3.05, 3.63) is 23.5 Å².